The fourth-order valence-electron chi connectivity index (χ4n) is 4.16. The molecule has 4 unspecified atom stereocenters. The van der Waals surface area contributed by atoms with Gasteiger partial charge in [0.15, 0.2) is 8.32 Å². The lowest BCUT2D eigenvalue weighted by atomic mass is 10.1. The topological polar surface area (TPSA) is 27.7 Å². The Bertz CT molecular complexity index is 542. The van der Waals surface area contributed by atoms with Gasteiger partial charge in [0.05, 0.1) is 13.8 Å². The van der Waals surface area contributed by atoms with Crippen LogP contribution >= 0.6 is 0 Å². The Labute approximate surface area is 193 Å². The molecule has 30 heavy (non-hydrogen) atoms. The van der Waals surface area contributed by atoms with Gasteiger partial charge in [-0.15, -0.1) is 6.58 Å². The Balaban J connectivity index is 5.89. The molecule has 0 aliphatic rings. The maximum Gasteiger partial charge on any atom is 0.219 e. The molecular formula is C23H54O3Si4. The molecule has 0 aromatic carbocycles. The van der Waals surface area contributed by atoms with Crippen LogP contribution in [0.3, 0.4) is 0 Å². The van der Waals surface area contributed by atoms with Crippen molar-refractivity contribution in [2.24, 2.45) is 0 Å². The third kappa shape index (κ3) is 8.12. The van der Waals surface area contributed by atoms with Gasteiger partial charge in [-0.1, -0.05) is 52.5 Å². The zero-order chi connectivity index (χ0) is 24.2. The molecule has 0 amide bonds. The van der Waals surface area contributed by atoms with Crippen LogP contribution in [0.5, 0.6) is 0 Å². The molecule has 0 fully saturated rings. The predicted octanol–water partition coefficient (Wildman–Crippen LogP) is 7.91. The van der Waals surface area contributed by atoms with Gasteiger partial charge in [-0.2, -0.15) is 0 Å². The normalized spacial score (nSPS) is 20.7. The van der Waals surface area contributed by atoms with Gasteiger partial charge in [-0.05, 0) is 66.0 Å². The maximum atomic E-state index is 7.17. The smallest absolute Gasteiger partial charge is 0.219 e. The van der Waals surface area contributed by atoms with Crippen molar-refractivity contribution in [3.8, 4) is 0 Å². The second-order valence-corrected chi connectivity index (χ2v) is 29.9. The molecule has 0 rings (SSSR count). The fourth-order valence-corrected chi connectivity index (χ4v) is 15.3. The van der Waals surface area contributed by atoms with E-state index in [1.54, 1.807) is 0 Å². The van der Waals surface area contributed by atoms with Crippen molar-refractivity contribution in [1.29, 1.82) is 0 Å². The van der Waals surface area contributed by atoms with Crippen LogP contribution in [0.15, 0.2) is 12.3 Å². The first-order valence-corrected chi connectivity index (χ1v) is 24.5. The number of hydrogen-bond acceptors (Lipinski definition) is 3. The van der Waals surface area contributed by atoms with E-state index in [1.165, 1.54) is 0 Å². The van der Waals surface area contributed by atoms with E-state index in [9.17, 15) is 0 Å². The lowest BCUT2D eigenvalue weighted by molar-refractivity contribution is 0.112. The highest BCUT2D eigenvalue weighted by atomic mass is 28.4. The molecule has 0 radical (unpaired) electrons. The Kier molecular flexibility index (Phi) is 11.3. The quantitative estimate of drug-likeness (QED) is 0.231. The molecule has 7 heteroatoms. The van der Waals surface area contributed by atoms with E-state index in [2.05, 4.69) is 106 Å². The summed E-state index contributed by atoms with van der Waals surface area (Å²) in [6.07, 6.45) is 3.31. The van der Waals surface area contributed by atoms with E-state index in [0.29, 0.717) is 5.54 Å². The summed E-state index contributed by atoms with van der Waals surface area (Å²) in [4.78, 5) is 0. The standard InChI is InChI=1S/C23H54O3Si4/c1-16-21(25-29(13,14)20(5)24-28(10,11)12)22(17-2)30(15,19-4)26-23(6,18-3)27(7,8)9/h19-22H,4,16-18H2,1-3,5-15H3/t20-,21?,22?,23?,30?/m0/s1. The average Bonchev–Trinajstić information content (AvgIpc) is 2.58. The summed E-state index contributed by atoms with van der Waals surface area (Å²) in [6, 6.07) is 0. The minimum atomic E-state index is -2.22. The fraction of sp³-hybridized carbons (Fsp3) is 0.913. The Morgan fingerprint density at radius 1 is 0.867 bits per heavy atom. The summed E-state index contributed by atoms with van der Waals surface area (Å²) in [6.45, 7) is 36.7. The minimum absolute atomic E-state index is 0.0466. The Morgan fingerprint density at radius 3 is 1.67 bits per heavy atom. The first-order valence-electron chi connectivity index (χ1n) is 12.0. The molecule has 5 atom stereocenters. The molecule has 0 bridgehead atoms. The minimum Gasteiger partial charge on any atom is -0.415 e. The van der Waals surface area contributed by atoms with Gasteiger partial charge < -0.3 is 13.3 Å². The van der Waals surface area contributed by atoms with Gasteiger partial charge in [0.1, 0.15) is 0 Å². The molecule has 0 aromatic heterocycles. The monoisotopic (exact) mass is 490 g/mol. The van der Waals surface area contributed by atoms with Crippen LogP contribution in [-0.2, 0) is 13.3 Å². The van der Waals surface area contributed by atoms with Crippen molar-refractivity contribution in [3.63, 3.8) is 0 Å². The van der Waals surface area contributed by atoms with Gasteiger partial charge in [-0.25, -0.2) is 0 Å². The van der Waals surface area contributed by atoms with E-state index in [4.69, 9.17) is 13.3 Å². The van der Waals surface area contributed by atoms with E-state index >= 15 is 0 Å². The third-order valence-corrected chi connectivity index (χ3v) is 19.2. The van der Waals surface area contributed by atoms with Crippen LogP contribution in [0.25, 0.3) is 0 Å². The molecule has 0 heterocycles. The van der Waals surface area contributed by atoms with Gasteiger partial charge >= 0.3 is 0 Å². The average molecular weight is 491 g/mol. The third-order valence-electron chi connectivity index (χ3n) is 7.10. The number of rotatable bonds is 14. The van der Waals surface area contributed by atoms with Gasteiger partial charge in [-0.3, -0.25) is 0 Å². The van der Waals surface area contributed by atoms with E-state index in [0.717, 1.165) is 19.3 Å². The highest BCUT2D eigenvalue weighted by molar-refractivity contribution is 6.83. The van der Waals surface area contributed by atoms with Crippen molar-refractivity contribution in [2.45, 2.75) is 135 Å². The predicted molar refractivity (Wildman–Crippen MR) is 146 cm³/mol. The van der Waals surface area contributed by atoms with Crippen LogP contribution in [0.2, 0.25) is 64.5 Å². The van der Waals surface area contributed by atoms with Gasteiger partial charge in [0.2, 0.25) is 16.6 Å². The van der Waals surface area contributed by atoms with Crippen LogP contribution in [0, 0.1) is 0 Å². The summed E-state index contributed by atoms with van der Waals surface area (Å²) >= 11 is 0. The van der Waals surface area contributed by atoms with Crippen molar-refractivity contribution in [2.75, 3.05) is 0 Å². The first-order chi connectivity index (χ1) is 13.3. The van der Waals surface area contributed by atoms with E-state index < -0.39 is 33.0 Å². The van der Waals surface area contributed by atoms with Crippen molar-refractivity contribution in [3.05, 3.63) is 12.3 Å². The highest BCUT2D eigenvalue weighted by Gasteiger charge is 2.49. The van der Waals surface area contributed by atoms with Crippen molar-refractivity contribution >= 4 is 33.0 Å². The molecular weight excluding hydrogens is 437 g/mol. The zero-order valence-electron chi connectivity index (χ0n) is 22.9. The second-order valence-electron chi connectivity index (χ2n) is 11.9. The first kappa shape index (κ1) is 30.5. The SMILES string of the molecule is C=C[Si](C)(OC(C)(CC)[Si](C)(C)C)C(CC)C(CC)O[Si](C)(C)[C@@H](C)O[Si](C)(C)C. The molecule has 0 spiro atoms. The molecule has 0 saturated heterocycles. The zero-order valence-corrected chi connectivity index (χ0v) is 26.9. The number of hydrogen-bond donors (Lipinski definition) is 0. The molecule has 0 aliphatic heterocycles. The summed E-state index contributed by atoms with van der Waals surface area (Å²) in [5, 5.41) is -0.0466. The van der Waals surface area contributed by atoms with Crippen LogP contribution < -0.4 is 0 Å². The lowest BCUT2D eigenvalue weighted by Gasteiger charge is -2.49. The van der Waals surface area contributed by atoms with E-state index in [-0.39, 0.29) is 17.1 Å². The van der Waals surface area contributed by atoms with Gasteiger partial charge in [0.25, 0.3) is 0 Å². The second kappa shape index (κ2) is 11.1. The molecule has 180 valence electrons. The van der Waals surface area contributed by atoms with Crippen LogP contribution in [0.1, 0.15) is 53.9 Å². The summed E-state index contributed by atoms with van der Waals surface area (Å²) in [7, 11) is -7.36. The molecule has 0 N–H and O–H groups in total. The van der Waals surface area contributed by atoms with Crippen LogP contribution in [-0.4, -0.2) is 50.1 Å². The molecule has 0 saturated carbocycles. The Hall–Kier alpha value is 0.488. The summed E-state index contributed by atoms with van der Waals surface area (Å²) in [5.74, 6) is 0. The van der Waals surface area contributed by atoms with E-state index in [1.807, 2.05) is 0 Å². The highest BCUT2D eigenvalue weighted by Crippen LogP contribution is 2.41. The van der Waals surface area contributed by atoms with Gasteiger partial charge in [0, 0.05) is 16.9 Å². The molecule has 3 nitrogen and oxygen atoms in total. The molecule has 0 aromatic rings. The largest absolute Gasteiger partial charge is 0.415 e. The maximum absolute atomic E-state index is 7.17. The lowest BCUT2D eigenvalue weighted by Crippen LogP contribution is -2.60. The molecule has 0 aliphatic carbocycles. The summed E-state index contributed by atoms with van der Waals surface area (Å²) in [5.41, 5.74) is 2.77. The summed E-state index contributed by atoms with van der Waals surface area (Å²) < 4.78 is 20.6. The Morgan fingerprint density at radius 2 is 1.37 bits per heavy atom. The van der Waals surface area contributed by atoms with Crippen molar-refractivity contribution in [1.82, 2.24) is 0 Å². The van der Waals surface area contributed by atoms with Crippen LogP contribution in [0.4, 0.5) is 0 Å². The van der Waals surface area contributed by atoms with Crippen molar-refractivity contribution < 1.29 is 13.3 Å².